The molecule has 2 nitrogen and oxygen atoms in total. The van der Waals surface area contributed by atoms with E-state index in [1.54, 1.807) is 0 Å². The summed E-state index contributed by atoms with van der Waals surface area (Å²) in [4.78, 5) is 2.20. The molecule has 0 radical (unpaired) electrons. The van der Waals surface area contributed by atoms with Crippen LogP contribution in [-0.2, 0) is 0 Å². The zero-order valence-corrected chi connectivity index (χ0v) is 8.93. The molecule has 12 heavy (non-hydrogen) atoms. The van der Waals surface area contributed by atoms with Gasteiger partial charge in [-0.3, -0.25) is 0 Å². The van der Waals surface area contributed by atoms with Crippen molar-refractivity contribution in [2.24, 2.45) is 0 Å². The third-order valence-corrected chi connectivity index (χ3v) is 2.27. The van der Waals surface area contributed by atoms with Crippen molar-refractivity contribution >= 4 is 0 Å². The lowest BCUT2D eigenvalue weighted by Crippen LogP contribution is -2.38. The normalized spacial score (nSPS) is 16.5. The Bertz CT molecular complexity index is 112. The molecule has 0 aromatic carbocycles. The lowest BCUT2D eigenvalue weighted by atomic mass is 10.0. The summed E-state index contributed by atoms with van der Waals surface area (Å²) in [7, 11) is 2.07. The summed E-state index contributed by atoms with van der Waals surface area (Å²) in [5, 5.41) is 9.75. The van der Waals surface area contributed by atoms with Crippen LogP contribution in [0.4, 0.5) is 0 Å². The van der Waals surface area contributed by atoms with E-state index in [9.17, 15) is 5.11 Å². The molecule has 74 valence electrons. The Morgan fingerprint density at radius 2 is 1.92 bits per heavy atom. The summed E-state index contributed by atoms with van der Waals surface area (Å²) in [6.07, 6.45) is 3.26. The van der Waals surface area contributed by atoms with Crippen molar-refractivity contribution in [1.29, 1.82) is 0 Å². The first kappa shape index (κ1) is 11.9. The predicted octanol–water partition coefficient (Wildman–Crippen LogP) is 1.88. The maximum atomic E-state index is 9.75. The van der Waals surface area contributed by atoms with Crippen LogP contribution in [0.1, 0.15) is 40.0 Å². The van der Waals surface area contributed by atoms with Gasteiger partial charge < -0.3 is 10.0 Å². The van der Waals surface area contributed by atoms with Crippen LogP contribution in [-0.4, -0.2) is 35.7 Å². The number of unbranched alkanes of at least 4 members (excludes halogenated alkanes) is 1. The van der Waals surface area contributed by atoms with E-state index in [0.29, 0.717) is 0 Å². The standard InChI is InChI=1S/C10H23NO/c1-5-7-8-11(4)9-10(3,12)6-2/h12H,5-9H2,1-4H3. The van der Waals surface area contributed by atoms with E-state index in [0.717, 1.165) is 19.5 Å². The highest BCUT2D eigenvalue weighted by Gasteiger charge is 2.18. The minimum Gasteiger partial charge on any atom is -0.389 e. The van der Waals surface area contributed by atoms with Crippen LogP contribution in [0.25, 0.3) is 0 Å². The molecule has 0 bridgehead atoms. The Morgan fingerprint density at radius 3 is 2.33 bits per heavy atom. The van der Waals surface area contributed by atoms with Crippen LogP contribution in [0.5, 0.6) is 0 Å². The zero-order chi connectivity index (χ0) is 9.61. The van der Waals surface area contributed by atoms with E-state index in [1.807, 2.05) is 13.8 Å². The Labute approximate surface area is 76.6 Å². The molecule has 0 spiro atoms. The van der Waals surface area contributed by atoms with E-state index >= 15 is 0 Å². The maximum Gasteiger partial charge on any atom is 0.0743 e. The van der Waals surface area contributed by atoms with Crippen molar-refractivity contribution in [3.8, 4) is 0 Å². The van der Waals surface area contributed by atoms with Gasteiger partial charge in [-0.1, -0.05) is 20.3 Å². The third-order valence-electron chi connectivity index (χ3n) is 2.27. The largest absolute Gasteiger partial charge is 0.389 e. The molecular formula is C10H23NO. The number of likely N-dealkylation sites (N-methyl/N-ethyl adjacent to an activating group) is 1. The molecule has 0 saturated carbocycles. The highest BCUT2D eigenvalue weighted by Crippen LogP contribution is 2.09. The van der Waals surface area contributed by atoms with Gasteiger partial charge in [0.2, 0.25) is 0 Å². The zero-order valence-electron chi connectivity index (χ0n) is 8.93. The van der Waals surface area contributed by atoms with Crippen molar-refractivity contribution in [2.75, 3.05) is 20.1 Å². The first-order chi connectivity index (χ1) is 5.52. The van der Waals surface area contributed by atoms with E-state index in [-0.39, 0.29) is 0 Å². The third kappa shape index (κ3) is 5.56. The lowest BCUT2D eigenvalue weighted by Gasteiger charge is -2.27. The van der Waals surface area contributed by atoms with Crippen molar-refractivity contribution in [1.82, 2.24) is 4.90 Å². The number of hydrogen-bond donors (Lipinski definition) is 1. The Hall–Kier alpha value is -0.0800. The van der Waals surface area contributed by atoms with Crippen LogP contribution in [0, 0.1) is 0 Å². The second-order valence-electron chi connectivity index (χ2n) is 3.94. The van der Waals surface area contributed by atoms with Crippen LogP contribution in [0.3, 0.4) is 0 Å². The molecule has 0 heterocycles. The predicted molar refractivity (Wildman–Crippen MR) is 53.3 cm³/mol. The summed E-state index contributed by atoms with van der Waals surface area (Å²) in [5.74, 6) is 0. The topological polar surface area (TPSA) is 23.5 Å². The van der Waals surface area contributed by atoms with Crippen LogP contribution in [0.2, 0.25) is 0 Å². The number of rotatable bonds is 6. The van der Waals surface area contributed by atoms with E-state index in [1.165, 1.54) is 12.8 Å². The smallest absolute Gasteiger partial charge is 0.0743 e. The van der Waals surface area contributed by atoms with Crippen LogP contribution in [0.15, 0.2) is 0 Å². The first-order valence-electron chi connectivity index (χ1n) is 4.92. The van der Waals surface area contributed by atoms with Crippen molar-refractivity contribution < 1.29 is 5.11 Å². The minimum atomic E-state index is -0.511. The molecule has 1 N–H and O–H groups in total. The molecule has 0 aromatic rings. The Balaban J connectivity index is 3.60. The van der Waals surface area contributed by atoms with Crippen molar-refractivity contribution in [3.63, 3.8) is 0 Å². The fourth-order valence-corrected chi connectivity index (χ4v) is 1.20. The molecule has 0 amide bonds. The van der Waals surface area contributed by atoms with Crippen molar-refractivity contribution in [2.45, 2.75) is 45.6 Å². The van der Waals surface area contributed by atoms with Crippen LogP contribution >= 0.6 is 0 Å². The lowest BCUT2D eigenvalue weighted by molar-refractivity contribution is 0.0235. The van der Waals surface area contributed by atoms with Gasteiger partial charge in [0, 0.05) is 6.54 Å². The first-order valence-corrected chi connectivity index (χ1v) is 4.92. The fraction of sp³-hybridized carbons (Fsp3) is 1.00. The average Bonchev–Trinajstić information content (AvgIpc) is 2.00. The molecule has 0 aliphatic heterocycles. The van der Waals surface area contributed by atoms with E-state index < -0.39 is 5.60 Å². The molecule has 1 atom stereocenters. The molecule has 2 heteroatoms. The van der Waals surface area contributed by atoms with Gasteiger partial charge in [-0.15, -0.1) is 0 Å². The average molecular weight is 173 g/mol. The van der Waals surface area contributed by atoms with Gasteiger partial charge in [-0.25, -0.2) is 0 Å². The van der Waals surface area contributed by atoms with Crippen molar-refractivity contribution in [3.05, 3.63) is 0 Å². The summed E-state index contributed by atoms with van der Waals surface area (Å²) in [5.41, 5.74) is -0.511. The highest BCUT2D eigenvalue weighted by molar-refractivity contribution is 4.73. The maximum absolute atomic E-state index is 9.75. The van der Waals surface area contributed by atoms with Gasteiger partial charge in [0.05, 0.1) is 5.60 Å². The summed E-state index contributed by atoms with van der Waals surface area (Å²) in [6, 6.07) is 0. The number of hydrogen-bond acceptors (Lipinski definition) is 2. The van der Waals surface area contributed by atoms with E-state index in [2.05, 4.69) is 18.9 Å². The molecule has 0 rings (SSSR count). The number of nitrogens with zero attached hydrogens (tertiary/aromatic N) is 1. The number of aliphatic hydroxyl groups is 1. The van der Waals surface area contributed by atoms with Gasteiger partial charge in [0.15, 0.2) is 0 Å². The fourth-order valence-electron chi connectivity index (χ4n) is 1.20. The molecule has 0 saturated heterocycles. The summed E-state index contributed by atoms with van der Waals surface area (Å²) in [6.45, 7) is 7.98. The van der Waals surface area contributed by atoms with Gasteiger partial charge in [0.25, 0.3) is 0 Å². The molecule has 0 aliphatic rings. The van der Waals surface area contributed by atoms with Gasteiger partial charge in [-0.2, -0.15) is 0 Å². The minimum absolute atomic E-state index is 0.511. The Morgan fingerprint density at radius 1 is 1.33 bits per heavy atom. The van der Waals surface area contributed by atoms with Gasteiger partial charge in [0.1, 0.15) is 0 Å². The second-order valence-corrected chi connectivity index (χ2v) is 3.94. The monoisotopic (exact) mass is 173 g/mol. The molecular weight excluding hydrogens is 150 g/mol. The van der Waals surface area contributed by atoms with Gasteiger partial charge in [-0.05, 0) is 33.4 Å². The molecule has 0 fully saturated rings. The molecule has 0 aromatic heterocycles. The molecule has 0 aliphatic carbocycles. The SMILES string of the molecule is CCCCN(C)CC(C)(O)CC. The summed E-state index contributed by atoms with van der Waals surface area (Å²) >= 11 is 0. The van der Waals surface area contributed by atoms with Gasteiger partial charge >= 0.3 is 0 Å². The van der Waals surface area contributed by atoms with E-state index in [4.69, 9.17) is 0 Å². The highest BCUT2D eigenvalue weighted by atomic mass is 16.3. The second kappa shape index (κ2) is 5.55. The molecule has 1 unspecified atom stereocenters. The summed E-state index contributed by atoms with van der Waals surface area (Å²) < 4.78 is 0. The quantitative estimate of drug-likeness (QED) is 0.663. The van der Waals surface area contributed by atoms with Crippen LogP contribution < -0.4 is 0 Å². The Kier molecular flexibility index (Phi) is 5.51.